The van der Waals surface area contributed by atoms with E-state index >= 15 is 0 Å². The number of aliphatic carboxylic acids is 1. The molecule has 0 aliphatic heterocycles. The molecular weight excluding hydrogens is 270 g/mol. The number of carbonyl (C=O) groups is 1. The zero-order valence-corrected chi connectivity index (χ0v) is 11.9. The van der Waals surface area contributed by atoms with Crippen molar-refractivity contribution in [1.29, 1.82) is 0 Å². The third-order valence-corrected chi connectivity index (χ3v) is 3.23. The van der Waals surface area contributed by atoms with E-state index in [-0.39, 0.29) is 12.1 Å². The number of anilines is 1. The highest BCUT2D eigenvalue weighted by atomic mass is 16.4. The second-order valence-corrected chi connectivity index (χ2v) is 4.93. The van der Waals surface area contributed by atoms with Crippen LogP contribution in [0.4, 0.5) is 5.69 Å². The van der Waals surface area contributed by atoms with Crippen LogP contribution in [0.15, 0.2) is 47.4 Å². The van der Waals surface area contributed by atoms with Gasteiger partial charge >= 0.3 is 5.97 Å². The van der Waals surface area contributed by atoms with E-state index in [1.807, 2.05) is 20.2 Å². The van der Waals surface area contributed by atoms with Crippen molar-refractivity contribution in [2.75, 3.05) is 19.0 Å². The van der Waals surface area contributed by atoms with Crippen LogP contribution in [-0.2, 0) is 11.3 Å². The maximum absolute atomic E-state index is 12.0. The molecule has 0 saturated carbocycles. The average molecular weight is 287 g/mol. The lowest BCUT2D eigenvalue weighted by Gasteiger charge is -2.15. The molecule has 1 heterocycles. The maximum Gasteiger partial charge on any atom is 0.312 e. The van der Waals surface area contributed by atoms with Gasteiger partial charge in [-0.3, -0.25) is 9.59 Å². The Morgan fingerprint density at radius 2 is 2.00 bits per heavy atom. The first-order valence-electron chi connectivity index (χ1n) is 6.51. The predicted octanol–water partition coefficient (Wildman–Crippen LogP) is 1.18. The summed E-state index contributed by atoms with van der Waals surface area (Å²) in [5.74, 6) is -1.78. The minimum atomic E-state index is -0.980. The van der Waals surface area contributed by atoms with E-state index in [4.69, 9.17) is 0 Å². The molecule has 1 atom stereocenters. The topological polar surface area (TPSA) is 75.4 Å². The fourth-order valence-corrected chi connectivity index (χ4v) is 1.99. The first-order chi connectivity index (χ1) is 9.99. The molecular formula is C15H17N3O3. The van der Waals surface area contributed by atoms with Crippen molar-refractivity contribution in [2.45, 2.75) is 12.5 Å². The molecule has 0 aliphatic rings. The van der Waals surface area contributed by atoms with Crippen LogP contribution >= 0.6 is 0 Å². The third-order valence-electron chi connectivity index (χ3n) is 3.23. The zero-order chi connectivity index (χ0) is 15.4. The molecule has 0 bridgehead atoms. The van der Waals surface area contributed by atoms with E-state index < -0.39 is 11.9 Å². The molecule has 0 saturated heterocycles. The van der Waals surface area contributed by atoms with Crippen molar-refractivity contribution in [1.82, 2.24) is 9.78 Å². The second-order valence-electron chi connectivity index (χ2n) is 4.93. The van der Waals surface area contributed by atoms with Gasteiger partial charge in [-0.2, -0.15) is 5.10 Å². The van der Waals surface area contributed by atoms with E-state index in [0.29, 0.717) is 11.3 Å². The summed E-state index contributed by atoms with van der Waals surface area (Å²) in [5.41, 5.74) is 1.02. The van der Waals surface area contributed by atoms with Gasteiger partial charge in [0.1, 0.15) is 5.92 Å². The van der Waals surface area contributed by atoms with Crippen LogP contribution in [0.1, 0.15) is 11.5 Å². The molecule has 2 aromatic rings. The van der Waals surface area contributed by atoms with Crippen molar-refractivity contribution in [3.63, 3.8) is 0 Å². The van der Waals surface area contributed by atoms with Crippen LogP contribution in [0.5, 0.6) is 0 Å². The molecule has 6 heteroatoms. The molecule has 110 valence electrons. The minimum absolute atomic E-state index is 0.00584. The highest BCUT2D eigenvalue weighted by Crippen LogP contribution is 2.17. The molecule has 1 aromatic heterocycles. The molecule has 1 aromatic carbocycles. The molecule has 21 heavy (non-hydrogen) atoms. The van der Waals surface area contributed by atoms with Crippen molar-refractivity contribution in [3.05, 3.63) is 58.5 Å². The van der Waals surface area contributed by atoms with Gasteiger partial charge in [0.2, 0.25) is 0 Å². The van der Waals surface area contributed by atoms with Crippen LogP contribution < -0.4 is 10.5 Å². The van der Waals surface area contributed by atoms with Gasteiger partial charge < -0.3 is 10.0 Å². The molecule has 0 spiro atoms. The highest BCUT2D eigenvalue weighted by Gasteiger charge is 2.21. The Bertz CT molecular complexity index is 680. The van der Waals surface area contributed by atoms with Crippen LogP contribution in [0, 0.1) is 0 Å². The quantitative estimate of drug-likeness (QED) is 0.893. The predicted molar refractivity (Wildman–Crippen MR) is 79.6 cm³/mol. The number of carboxylic acids is 1. The summed E-state index contributed by atoms with van der Waals surface area (Å²) in [4.78, 5) is 25.2. The highest BCUT2D eigenvalue weighted by molar-refractivity contribution is 5.75. The number of hydrogen-bond donors (Lipinski definition) is 1. The lowest BCUT2D eigenvalue weighted by atomic mass is 9.99. The van der Waals surface area contributed by atoms with Gasteiger partial charge in [0, 0.05) is 20.2 Å². The summed E-state index contributed by atoms with van der Waals surface area (Å²) < 4.78 is 1.18. The molecule has 0 fully saturated rings. The van der Waals surface area contributed by atoms with E-state index in [1.54, 1.807) is 35.4 Å². The van der Waals surface area contributed by atoms with Gasteiger partial charge in [-0.15, -0.1) is 0 Å². The molecule has 0 aliphatic carbocycles. The molecule has 0 amide bonds. The van der Waals surface area contributed by atoms with Crippen molar-refractivity contribution in [3.8, 4) is 0 Å². The number of nitrogens with zero attached hydrogens (tertiary/aromatic N) is 3. The van der Waals surface area contributed by atoms with E-state index in [1.165, 1.54) is 10.7 Å². The first-order valence-corrected chi connectivity index (χ1v) is 6.51. The second kappa shape index (κ2) is 6.21. The Labute approximate surface area is 122 Å². The lowest BCUT2D eigenvalue weighted by Crippen LogP contribution is -2.29. The number of rotatable bonds is 5. The standard InChI is InChI=1S/C15H17N3O3/c1-17(2)12-8-14(19)18(16-9-12)10-13(15(20)21)11-6-4-3-5-7-11/h3-9,13H,10H2,1-2H3,(H,20,21). The number of carboxylic acid groups (broad SMARTS) is 1. The van der Waals surface area contributed by atoms with Gasteiger partial charge in [0.15, 0.2) is 0 Å². The zero-order valence-electron chi connectivity index (χ0n) is 11.9. The van der Waals surface area contributed by atoms with Crippen molar-refractivity contribution in [2.24, 2.45) is 0 Å². The van der Waals surface area contributed by atoms with E-state index in [2.05, 4.69) is 5.10 Å². The smallest absolute Gasteiger partial charge is 0.312 e. The Hall–Kier alpha value is -2.63. The minimum Gasteiger partial charge on any atom is -0.481 e. The number of hydrogen-bond acceptors (Lipinski definition) is 4. The Morgan fingerprint density at radius 1 is 1.33 bits per heavy atom. The molecule has 1 unspecified atom stereocenters. The van der Waals surface area contributed by atoms with Crippen LogP contribution in [0.2, 0.25) is 0 Å². The monoisotopic (exact) mass is 287 g/mol. The van der Waals surface area contributed by atoms with Gasteiger partial charge in [-0.1, -0.05) is 30.3 Å². The fraction of sp³-hybridized carbons (Fsp3) is 0.267. The third kappa shape index (κ3) is 3.47. The van der Waals surface area contributed by atoms with Gasteiger partial charge in [0.05, 0.1) is 18.4 Å². The summed E-state index contributed by atoms with van der Waals surface area (Å²) >= 11 is 0. The normalized spacial score (nSPS) is 11.9. The Balaban J connectivity index is 2.30. The fourth-order valence-electron chi connectivity index (χ4n) is 1.99. The van der Waals surface area contributed by atoms with Crippen molar-refractivity contribution >= 4 is 11.7 Å². The molecule has 2 rings (SSSR count). The van der Waals surface area contributed by atoms with Crippen LogP contribution in [0.3, 0.4) is 0 Å². The molecule has 1 N–H and O–H groups in total. The number of aromatic nitrogens is 2. The van der Waals surface area contributed by atoms with E-state index in [0.717, 1.165) is 0 Å². The summed E-state index contributed by atoms with van der Waals surface area (Å²) in [7, 11) is 3.62. The van der Waals surface area contributed by atoms with Crippen molar-refractivity contribution < 1.29 is 9.90 Å². The Morgan fingerprint density at radius 3 is 2.52 bits per heavy atom. The van der Waals surface area contributed by atoms with Crippen LogP contribution in [0.25, 0.3) is 0 Å². The maximum atomic E-state index is 12.0. The van der Waals surface area contributed by atoms with Gasteiger partial charge in [-0.05, 0) is 5.56 Å². The SMILES string of the molecule is CN(C)c1cnn(CC(C(=O)O)c2ccccc2)c(=O)c1. The summed E-state index contributed by atoms with van der Waals surface area (Å²) in [6, 6.07) is 10.3. The van der Waals surface area contributed by atoms with Gasteiger partial charge in [-0.25, -0.2) is 4.68 Å². The Kier molecular flexibility index (Phi) is 4.37. The largest absolute Gasteiger partial charge is 0.481 e. The number of benzene rings is 1. The van der Waals surface area contributed by atoms with Crippen LogP contribution in [-0.4, -0.2) is 35.0 Å². The lowest BCUT2D eigenvalue weighted by molar-refractivity contribution is -0.139. The first kappa shape index (κ1) is 14.8. The average Bonchev–Trinajstić information content (AvgIpc) is 2.46. The van der Waals surface area contributed by atoms with Gasteiger partial charge in [0.25, 0.3) is 5.56 Å². The molecule has 0 radical (unpaired) electrons. The summed E-state index contributed by atoms with van der Waals surface area (Å²) in [6.07, 6.45) is 1.55. The summed E-state index contributed by atoms with van der Waals surface area (Å²) in [6.45, 7) is 0.00584. The van der Waals surface area contributed by atoms with E-state index in [9.17, 15) is 14.7 Å². The molecule has 6 nitrogen and oxygen atoms in total. The summed E-state index contributed by atoms with van der Waals surface area (Å²) in [5, 5.41) is 13.4.